The van der Waals surface area contributed by atoms with Gasteiger partial charge < -0.3 is 10.2 Å². The lowest BCUT2D eigenvalue weighted by Crippen LogP contribution is -2.47. The number of nitrogens with one attached hydrogen (secondary N) is 1. The molecule has 2 saturated heterocycles. The van der Waals surface area contributed by atoms with E-state index in [-0.39, 0.29) is 23.4 Å². The number of carbonyl (C=O) groups excluding carboxylic acids is 2. The van der Waals surface area contributed by atoms with E-state index in [1.54, 1.807) is 0 Å². The average Bonchev–Trinajstić information content (AvgIpc) is 3.32. The molecule has 3 rings (SSSR count). The number of hydrogen-bond acceptors (Lipinski definition) is 4. The Kier molecular flexibility index (Phi) is 7.32. The van der Waals surface area contributed by atoms with Crippen molar-refractivity contribution in [3.63, 3.8) is 0 Å². The van der Waals surface area contributed by atoms with Crippen LogP contribution in [0.4, 0.5) is 0 Å². The van der Waals surface area contributed by atoms with Crippen LogP contribution >= 0.6 is 11.3 Å². The first kappa shape index (κ1) is 21.5. The number of amides is 1. The van der Waals surface area contributed by atoms with E-state index in [0.717, 1.165) is 69.3 Å². The molecule has 1 amide bonds. The van der Waals surface area contributed by atoms with Gasteiger partial charge in [0.25, 0.3) is 5.91 Å². The maximum atomic E-state index is 13.6. The van der Waals surface area contributed by atoms with Crippen molar-refractivity contribution in [2.24, 2.45) is 11.8 Å². The number of Topliss-reactive ketones (excluding diaryl/α,β-unsaturated/α-hetero) is 1. The van der Waals surface area contributed by atoms with Gasteiger partial charge in [0.2, 0.25) is 0 Å². The van der Waals surface area contributed by atoms with Crippen molar-refractivity contribution in [2.75, 3.05) is 13.1 Å². The van der Waals surface area contributed by atoms with Crippen molar-refractivity contribution < 1.29 is 9.59 Å². The van der Waals surface area contributed by atoms with Crippen molar-refractivity contribution in [1.82, 2.24) is 10.2 Å². The number of nitrogens with zero attached hydrogens (tertiary/aromatic N) is 1. The van der Waals surface area contributed by atoms with Gasteiger partial charge in [0.1, 0.15) is 0 Å². The Hall–Kier alpha value is -1.20. The molecule has 0 aliphatic carbocycles. The van der Waals surface area contributed by atoms with Gasteiger partial charge in [0.15, 0.2) is 5.78 Å². The molecule has 2 aliphatic heterocycles. The molecule has 1 aromatic rings. The number of piperidine rings is 1. The zero-order valence-corrected chi connectivity index (χ0v) is 18.5. The van der Waals surface area contributed by atoms with Crippen molar-refractivity contribution >= 4 is 23.0 Å². The molecule has 28 heavy (non-hydrogen) atoms. The molecule has 156 valence electrons. The maximum absolute atomic E-state index is 13.6. The van der Waals surface area contributed by atoms with Gasteiger partial charge in [0, 0.05) is 25.0 Å². The first-order valence-electron chi connectivity index (χ1n) is 11.2. The summed E-state index contributed by atoms with van der Waals surface area (Å²) in [6, 6.07) is 4.08. The van der Waals surface area contributed by atoms with Gasteiger partial charge in [-0.3, -0.25) is 9.59 Å². The van der Waals surface area contributed by atoms with E-state index in [1.807, 2.05) is 22.4 Å². The second kappa shape index (κ2) is 9.53. The fraction of sp³-hybridized carbons (Fsp3) is 0.739. The standard InChI is InChI=1S/C23H36N2O2S/c1-4-6-12-23(13-7-5-2)21(26)20(17(3)24-23)18-10-14-25(15-11-18)22(27)19-9-8-16-28-19/h8-9,16-18,20,24H,4-7,10-15H2,1-3H3. The summed E-state index contributed by atoms with van der Waals surface area (Å²) in [6.45, 7) is 8.15. The largest absolute Gasteiger partial charge is 0.338 e. The van der Waals surface area contributed by atoms with Gasteiger partial charge in [-0.15, -0.1) is 11.3 Å². The molecule has 5 heteroatoms. The first-order valence-corrected chi connectivity index (χ1v) is 12.0. The summed E-state index contributed by atoms with van der Waals surface area (Å²) in [5.41, 5.74) is -0.306. The summed E-state index contributed by atoms with van der Waals surface area (Å²) in [5, 5.41) is 5.72. The second-order valence-corrected chi connectivity index (χ2v) is 9.67. The predicted octanol–water partition coefficient (Wildman–Crippen LogP) is 4.90. The summed E-state index contributed by atoms with van der Waals surface area (Å²) in [5.74, 6) is 1.11. The number of ketones is 1. The van der Waals surface area contributed by atoms with Crippen molar-refractivity contribution in [1.29, 1.82) is 0 Å². The highest BCUT2D eigenvalue weighted by atomic mass is 32.1. The molecule has 1 N–H and O–H groups in total. The van der Waals surface area contributed by atoms with Gasteiger partial charge in [-0.1, -0.05) is 45.6 Å². The number of rotatable bonds is 8. The molecule has 0 aromatic carbocycles. The molecule has 0 saturated carbocycles. The quantitative estimate of drug-likeness (QED) is 0.671. The first-order chi connectivity index (χ1) is 13.5. The zero-order chi connectivity index (χ0) is 20.1. The van der Waals surface area contributed by atoms with Crippen LogP contribution in [-0.2, 0) is 4.79 Å². The molecule has 2 unspecified atom stereocenters. The third-order valence-corrected chi connectivity index (χ3v) is 7.66. The van der Waals surface area contributed by atoms with E-state index >= 15 is 0 Å². The number of unbranched alkanes of at least 4 members (excludes halogenated alkanes) is 2. The summed E-state index contributed by atoms with van der Waals surface area (Å²) in [6.07, 6.45) is 8.30. The summed E-state index contributed by atoms with van der Waals surface area (Å²) < 4.78 is 0. The van der Waals surface area contributed by atoms with Crippen molar-refractivity contribution in [2.45, 2.75) is 83.7 Å². The van der Waals surface area contributed by atoms with Gasteiger partial charge >= 0.3 is 0 Å². The predicted molar refractivity (Wildman–Crippen MR) is 116 cm³/mol. The number of carbonyl (C=O) groups is 2. The van der Waals surface area contributed by atoms with Crippen LogP contribution in [0.2, 0.25) is 0 Å². The van der Waals surface area contributed by atoms with Gasteiger partial charge in [0.05, 0.1) is 10.4 Å². The molecular formula is C23H36N2O2S. The van der Waals surface area contributed by atoms with E-state index in [2.05, 4.69) is 26.1 Å². The minimum Gasteiger partial charge on any atom is -0.338 e. The molecule has 0 radical (unpaired) electrons. The topological polar surface area (TPSA) is 49.4 Å². The fourth-order valence-electron chi connectivity index (χ4n) is 5.26. The average molecular weight is 405 g/mol. The Balaban J connectivity index is 1.65. The summed E-state index contributed by atoms with van der Waals surface area (Å²) >= 11 is 1.51. The Labute approximate surface area is 174 Å². The molecular weight excluding hydrogens is 368 g/mol. The molecule has 2 atom stereocenters. The lowest BCUT2D eigenvalue weighted by molar-refractivity contribution is -0.128. The van der Waals surface area contributed by atoms with Crippen molar-refractivity contribution in [3.8, 4) is 0 Å². The van der Waals surface area contributed by atoms with Crippen LogP contribution in [0.25, 0.3) is 0 Å². The molecule has 3 heterocycles. The fourth-order valence-corrected chi connectivity index (χ4v) is 5.95. The van der Waals surface area contributed by atoms with Crippen LogP contribution in [0.5, 0.6) is 0 Å². The van der Waals surface area contributed by atoms with Crippen LogP contribution < -0.4 is 5.32 Å². The van der Waals surface area contributed by atoms with Crippen molar-refractivity contribution in [3.05, 3.63) is 22.4 Å². The van der Waals surface area contributed by atoms with E-state index in [1.165, 1.54) is 11.3 Å². The number of thiophene rings is 1. The van der Waals surface area contributed by atoms with E-state index in [4.69, 9.17) is 0 Å². The van der Waals surface area contributed by atoms with Crippen LogP contribution in [0, 0.1) is 11.8 Å². The molecule has 0 bridgehead atoms. The molecule has 0 spiro atoms. The van der Waals surface area contributed by atoms with Gasteiger partial charge in [-0.2, -0.15) is 0 Å². The van der Waals surface area contributed by atoms with Gasteiger partial charge in [-0.05, 0) is 50.0 Å². The Morgan fingerprint density at radius 2 is 1.86 bits per heavy atom. The Morgan fingerprint density at radius 3 is 2.39 bits per heavy atom. The monoisotopic (exact) mass is 404 g/mol. The lowest BCUT2D eigenvalue weighted by atomic mass is 9.74. The third-order valence-electron chi connectivity index (χ3n) is 6.80. The molecule has 1 aromatic heterocycles. The molecule has 2 fully saturated rings. The van der Waals surface area contributed by atoms with Crippen LogP contribution in [0.3, 0.4) is 0 Å². The minimum atomic E-state index is -0.306. The van der Waals surface area contributed by atoms with E-state index in [9.17, 15) is 9.59 Å². The summed E-state index contributed by atoms with van der Waals surface area (Å²) in [7, 11) is 0. The van der Waals surface area contributed by atoms with E-state index < -0.39 is 0 Å². The highest BCUT2D eigenvalue weighted by molar-refractivity contribution is 7.12. The third kappa shape index (κ3) is 4.35. The van der Waals surface area contributed by atoms with Gasteiger partial charge in [-0.25, -0.2) is 0 Å². The van der Waals surface area contributed by atoms with Crippen LogP contribution in [0.15, 0.2) is 17.5 Å². The lowest BCUT2D eigenvalue weighted by Gasteiger charge is -2.35. The SMILES string of the molecule is CCCCC1(CCCC)NC(C)C(C2CCN(C(=O)c3cccs3)CC2)C1=O. The normalized spacial score (nSPS) is 25.4. The highest BCUT2D eigenvalue weighted by Gasteiger charge is 2.52. The molecule has 4 nitrogen and oxygen atoms in total. The minimum absolute atomic E-state index is 0.104. The highest BCUT2D eigenvalue weighted by Crippen LogP contribution is 2.40. The Bertz CT molecular complexity index is 642. The van der Waals surface area contributed by atoms with E-state index in [0.29, 0.717) is 11.7 Å². The zero-order valence-electron chi connectivity index (χ0n) is 17.7. The van der Waals surface area contributed by atoms with Crippen LogP contribution in [-0.4, -0.2) is 41.3 Å². The second-order valence-electron chi connectivity index (χ2n) is 8.72. The summed E-state index contributed by atoms with van der Waals surface area (Å²) in [4.78, 5) is 29.0. The smallest absolute Gasteiger partial charge is 0.263 e. The number of hydrogen-bond donors (Lipinski definition) is 1. The Morgan fingerprint density at radius 1 is 1.21 bits per heavy atom. The maximum Gasteiger partial charge on any atom is 0.263 e. The number of likely N-dealkylation sites (tertiary alicyclic amines) is 1. The molecule has 2 aliphatic rings. The van der Waals surface area contributed by atoms with Crippen LogP contribution in [0.1, 0.15) is 81.8 Å².